The van der Waals surface area contributed by atoms with Crippen molar-refractivity contribution < 1.29 is 0 Å². The number of likely N-dealkylation sites (tertiary alicyclic amines) is 1. The third-order valence-corrected chi connectivity index (χ3v) is 7.68. The van der Waals surface area contributed by atoms with E-state index < -0.39 is 0 Å². The summed E-state index contributed by atoms with van der Waals surface area (Å²) in [6.07, 6.45) is 11.6. The van der Waals surface area contributed by atoms with Gasteiger partial charge in [-0.25, -0.2) is 9.97 Å². The SMILES string of the molecule is CSc1ccc(C)c(-c2cnc3c(N)nc(C(NC4CCCN(CC#N)C4)=C4CCC4)cn23)c1. The quantitative estimate of drug-likeness (QED) is 0.402. The molecular weight excluding hydrogens is 442 g/mol. The second-order valence-corrected chi connectivity index (χ2v) is 10.1. The highest BCUT2D eigenvalue weighted by Gasteiger charge is 2.25. The van der Waals surface area contributed by atoms with Crippen LogP contribution in [-0.4, -0.2) is 51.2 Å². The van der Waals surface area contributed by atoms with Crippen molar-refractivity contribution in [1.82, 2.24) is 24.6 Å². The van der Waals surface area contributed by atoms with Gasteiger partial charge in [0.2, 0.25) is 0 Å². The number of aromatic nitrogens is 3. The molecule has 5 rings (SSSR count). The number of benzene rings is 1. The van der Waals surface area contributed by atoms with Crippen LogP contribution in [0.15, 0.2) is 41.1 Å². The number of rotatable bonds is 6. The molecule has 0 radical (unpaired) electrons. The van der Waals surface area contributed by atoms with Crippen molar-refractivity contribution in [2.75, 3.05) is 31.6 Å². The normalized spacial score (nSPS) is 18.5. The molecule has 1 saturated heterocycles. The smallest absolute Gasteiger partial charge is 0.180 e. The van der Waals surface area contributed by atoms with Gasteiger partial charge in [0.15, 0.2) is 11.5 Å². The summed E-state index contributed by atoms with van der Waals surface area (Å²) in [5, 5.41) is 12.9. The van der Waals surface area contributed by atoms with Gasteiger partial charge in [0.1, 0.15) is 5.69 Å². The third-order valence-electron chi connectivity index (χ3n) is 6.95. The van der Waals surface area contributed by atoms with Crippen molar-refractivity contribution in [3.05, 3.63) is 47.4 Å². The van der Waals surface area contributed by atoms with E-state index in [-0.39, 0.29) is 0 Å². The molecule has 1 aromatic carbocycles. The maximum Gasteiger partial charge on any atom is 0.180 e. The van der Waals surface area contributed by atoms with Crippen LogP contribution >= 0.6 is 11.8 Å². The molecule has 2 fully saturated rings. The lowest BCUT2D eigenvalue weighted by Crippen LogP contribution is -2.45. The minimum absolute atomic E-state index is 0.298. The van der Waals surface area contributed by atoms with E-state index in [0.29, 0.717) is 24.1 Å². The Morgan fingerprint density at radius 1 is 1.32 bits per heavy atom. The molecule has 3 aromatic rings. The molecule has 8 heteroatoms. The second-order valence-electron chi connectivity index (χ2n) is 9.24. The standard InChI is InChI=1S/C26H31N7S/c1-17-8-9-20(34-2)13-21(17)23-14-29-26-25(28)31-22(16-33(23)26)24(18-5-3-6-18)30-19-7-4-11-32(15-19)12-10-27/h8-9,13-14,16,19,30H,3-7,11-12,15H2,1-2H3,(H2,28,31). The average Bonchev–Trinajstić information content (AvgIpc) is 3.23. The fourth-order valence-corrected chi connectivity index (χ4v) is 5.36. The Balaban J connectivity index is 1.55. The Morgan fingerprint density at radius 2 is 2.18 bits per heavy atom. The van der Waals surface area contributed by atoms with E-state index in [9.17, 15) is 0 Å². The van der Waals surface area contributed by atoms with Gasteiger partial charge in [-0.3, -0.25) is 9.30 Å². The number of hydrogen-bond donors (Lipinski definition) is 2. The highest BCUT2D eigenvalue weighted by atomic mass is 32.2. The van der Waals surface area contributed by atoms with E-state index in [1.807, 2.05) is 6.20 Å². The number of hydrogen-bond acceptors (Lipinski definition) is 7. The summed E-state index contributed by atoms with van der Waals surface area (Å²) in [6.45, 7) is 4.47. The van der Waals surface area contributed by atoms with E-state index in [4.69, 9.17) is 16.0 Å². The molecule has 7 nitrogen and oxygen atoms in total. The summed E-state index contributed by atoms with van der Waals surface area (Å²) in [6, 6.07) is 9.12. The first-order valence-corrected chi connectivity index (χ1v) is 13.2. The minimum Gasteiger partial charge on any atom is -0.381 e. The lowest BCUT2D eigenvalue weighted by molar-refractivity contribution is 0.220. The molecule has 1 unspecified atom stereocenters. The predicted octanol–water partition coefficient (Wildman–Crippen LogP) is 4.48. The summed E-state index contributed by atoms with van der Waals surface area (Å²) in [7, 11) is 0. The minimum atomic E-state index is 0.298. The van der Waals surface area contributed by atoms with Crippen LogP contribution < -0.4 is 11.1 Å². The van der Waals surface area contributed by atoms with Gasteiger partial charge in [-0.2, -0.15) is 5.26 Å². The summed E-state index contributed by atoms with van der Waals surface area (Å²) >= 11 is 1.73. The maximum atomic E-state index is 9.13. The van der Waals surface area contributed by atoms with Crippen molar-refractivity contribution in [2.24, 2.45) is 0 Å². The Morgan fingerprint density at radius 3 is 2.91 bits per heavy atom. The monoisotopic (exact) mass is 473 g/mol. The number of nitrogen functional groups attached to an aromatic ring is 1. The predicted molar refractivity (Wildman–Crippen MR) is 138 cm³/mol. The van der Waals surface area contributed by atoms with Crippen LogP contribution in [0.4, 0.5) is 5.82 Å². The molecule has 34 heavy (non-hydrogen) atoms. The molecule has 1 atom stereocenters. The molecule has 1 saturated carbocycles. The highest BCUT2D eigenvalue weighted by Crippen LogP contribution is 2.34. The van der Waals surface area contributed by atoms with Crippen molar-refractivity contribution in [3.8, 4) is 17.3 Å². The number of thioether (sulfide) groups is 1. The number of nitrogens with one attached hydrogen (secondary N) is 1. The Kier molecular flexibility index (Phi) is 6.48. The first kappa shape index (κ1) is 22.8. The molecule has 1 aliphatic heterocycles. The van der Waals surface area contributed by atoms with Gasteiger partial charge >= 0.3 is 0 Å². The van der Waals surface area contributed by atoms with Crippen LogP contribution in [0.2, 0.25) is 0 Å². The van der Waals surface area contributed by atoms with Crippen LogP contribution in [0.25, 0.3) is 22.6 Å². The fraction of sp³-hybridized carbons (Fsp3) is 0.423. The Labute approximate surface area is 205 Å². The molecule has 3 N–H and O–H groups in total. The third kappa shape index (κ3) is 4.38. The van der Waals surface area contributed by atoms with Crippen LogP contribution in [0.1, 0.15) is 43.4 Å². The lowest BCUT2D eigenvalue weighted by atomic mass is 9.89. The molecule has 2 aliphatic rings. The number of piperidine rings is 1. The zero-order chi connectivity index (χ0) is 23.7. The lowest BCUT2D eigenvalue weighted by Gasteiger charge is -2.34. The van der Waals surface area contributed by atoms with Gasteiger partial charge in [-0.1, -0.05) is 6.07 Å². The number of allylic oxidation sites excluding steroid dienone is 1. The van der Waals surface area contributed by atoms with Gasteiger partial charge in [0.25, 0.3) is 0 Å². The molecule has 2 aromatic heterocycles. The first-order chi connectivity index (χ1) is 16.6. The van der Waals surface area contributed by atoms with E-state index in [0.717, 1.165) is 61.4 Å². The zero-order valence-corrected chi connectivity index (χ0v) is 20.7. The van der Waals surface area contributed by atoms with Crippen LogP contribution in [0, 0.1) is 18.3 Å². The molecule has 1 aliphatic carbocycles. The largest absolute Gasteiger partial charge is 0.381 e. The van der Waals surface area contributed by atoms with Crippen molar-refractivity contribution in [2.45, 2.75) is 50.0 Å². The second kappa shape index (κ2) is 9.69. The first-order valence-electron chi connectivity index (χ1n) is 11.9. The Bertz CT molecular complexity index is 1280. The van der Waals surface area contributed by atoms with Crippen LogP contribution in [0.3, 0.4) is 0 Å². The number of anilines is 1. The summed E-state index contributed by atoms with van der Waals surface area (Å²) in [5.41, 5.74) is 13.9. The zero-order valence-electron chi connectivity index (χ0n) is 19.8. The summed E-state index contributed by atoms with van der Waals surface area (Å²) < 4.78 is 2.09. The van der Waals surface area contributed by atoms with Crippen molar-refractivity contribution in [1.29, 1.82) is 5.26 Å². The summed E-state index contributed by atoms with van der Waals surface area (Å²) in [4.78, 5) is 12.8. The van der Waals surface area contributed by atoms with E-state index in [2.05, 4.69) is 63.2 Å². The highest BCUT2D eigenvalue weighted by molar-refractivity contribution is 7.98. The van der Waals surface area contributed by atoms with Crippen molar-refractivity contribution >= 4 is 28.9 Å². The molecule has 0 spiro atoms. The molecule has 0 amide bonds. The van der Waals surface area contributed by atoms with Gasteiger partial charge in [-0.05, 0) is 75.1 Å². The van der Waals surface area contributed by atoms with Crippen LogP contribution in [0.5, 0.6) is 0 Å². The number of imidazole rings is 1. The summed E-state index contributed by atoms with van der Waals surface area (Å²) in [5.74, 6) is 0.441. The van der Waals surface area contributed by atoms with Gasteiger partial charge in [-0.15, -0.1) is 11.8 Å². The molecular formula is C26H31N7S. The van der Waals surface area contributed by atoms with Gasteiger partial charge < -0.3 is 11.1 Å². The fourth-order valence-electron chi connectivity index (χ4n) is 4.92. The number of aryl methyl sites for hydroxylation is 1. The maximum absolute atomic E-state index is 9.13. The number of nitrogens with two attached hydrogens (primary N) is 1. The Hall–Kier alpha value is -3.02. The number of fused-ring (bicyclic) bond motifs is 1. The van der Waals surface area contributed by atoms with E-state index in [1.54, 1.807) is 11.8 Å². The van der Waals surface area contributed by atoms with E-state index >= 15 is 0 Å². The number of nitriles is 1. The average molecular weight is 474 g/mol. The molecule has 176 valence electrons. The molecule has 0 bridgehead atoms. The van der Waals surface area contributed by atoms with Gasteiger partial charge in [0.05, 0.1) is 30.2 Å². The van der Waals surface area contributed by atoms with Crippen molar-refractivity contribution in [3.63, 3.8) is 0 Å². The van der Waals surface area contributed by atoms with Gasteiger partial charge in [0, 0.05) is 29.2 Å². The topological polar surface area (TPSA) is 95.3 Å². The van der Waals surface area contributed by atoms with Crippen LogP contribution in [-0.2, 0) is 0 Å². The molecule has 3 heterocycles. The number of nitrogens with zero attached hydrogens (tertiary/aromatic N) is 5. The van der Waals surface area contributed by atoms with E-state index in [1.165, 1.54) is 22.5 Å².